The number of hydrogen-bond donors (Lipinski definition) is 2. The maximum atomic E-state index is 12.0. The Kier molecular flexibility index (Phi) is 3.39. The van der Waals surface area contributed by atoms with Gasteiger partial charge >= 0.3 is 0 Å². The van der Waals surface area contributed by atoms with Crippen LogP contribution in [0.25, 0.3) is 10.9 Å². The Bertz CT molecular complexity index is 706. The minimum atomic E-state index is -0.246. The van der Waals surface area contributed by atoms with Crippen LogP contribution in [0.15, 0.2) is 24.4 Å². The van der Waals surface area contributed by atoms with E-state index < -0.39 is 0 Å². The van der Waals surface area contributed by atoms with Crippen molar-refractivity contribution in [2.75, 3.05) is 11.9 Å². The summed E-state index contributed by atoms with van der Waals surface area (Å²) in [6.07, 6.45) is 2.25. The van der Waals surface area contributed by atoms with Crippen LogP contribution in [0.3, 0.4) is 0 Å². The number of aromatic nitrogens is 2. The van der Waals surface area contributed by atoms with Crippen molar-refractivity contribution in [2.45, 2.75) is 19.3 Å². The molecule has 1 fully saturated rings. The Morgan fingerprint density at radius 3 is 2.81 bits per heavy atom. The largest absolute Gasteiger partial charge is 0.324 e. The summed E-state index contributed by atoms with van der Waals surface area (Å²) in [5.74, 6) is -0.656. The average molecular weight is 286 g/mol. The van der Waals surface area contributed by atoms with Gasteiger partial charge in [-0.1, -0.05) is 12.1 Å². The lowest BCUT2D eigenvalue weighted by atomic mass is 10.2. The third-order valence-electron chi connectivity index (χ3n) is 3.47. The number of rotatable bonds is 4. The number of carbonyl (C=O) groups excluding carboxylic acids is 3. The summed E-state index contributed by atoms with van der Waals surface area (Å²) in [6.45, 7) is 0.127. The Labute approximate surface area is 120 Å². The summed E-state index contributed by atoms with van der Waals surface area (Å²) in [4.78, 5) is 36.0. The SMILES string of the molecule is O=C(CCN1C(=O)CCC1=O)Nc1cccc2cn[nH]c12. The van der Waals surface area contributed by atoms with E-state index in [1.165, 1.54) is 0 Å². The number of carbonyl (C=O) groups is 3. The minimum Gasteiger partial charge on any atom is -0.324 e. The van der Waals surface area contributed by atoms with E-state index in [1.807, 2.05) is 12.1 Å². The fourth-order valence-electron chi connectivity index (χ4n) is 2.37. The number of hydrogen-bond acceptors (Lipinski definition) is 4. The number of benzene rings is 1. The van der Waals surface area contributed by atoms with E-state index in [-0.39, 0.29) is 43.5 Å². The molecular formula is C14H14N4O3. The van der Waals surface area contributed by atoms with Gasteiger partial charge in [-0.3, -0.25) is 24.4 Å². The summed E-state index contributed by atoms with van der Waals surface area (Å²) in [7, 11) is 0. The standard InChI is InChI=1S/C14H14N4O3/c19-11(6-7-18-12(20)4-5-13(18)21)16-10-3-1-2-9-8-15-17-14(9)10/h1-3,8H,4-7H2,(H,15,17)(H,16,19). The van der Waals surface area contributed by atoms with Crippen LogP contribution in [0.4, 0.5) is 5.69 Å². The van der Waals surface area contributed by atoms with Gasteiger partial charge in [-0.2, -0.15) is 5.10 Å². The number of para-hydroxylation sites is 1. The molecule has 0 saturated carbocycles. The normalized spacial score (nSPS) is 15.0. The molecular weight excluding hydrogens is 272 g/mol. The van der Waals surface area contributed by atoms with E-state index in [9.17, 15) is 14.4 Å². The summed E-state index contributed by atoms with van der Waals surface area (Å²) in [5, 5.41) is 10.4. The zero-order valence-electron chi connectivity index (χ0n) is 11.3. The lowest BCUT2D eigenvalue weighted by Gasteiger charge is -2.13. The highest BCUT2D eigenvalue weighted by Crippen LogP contribution is 2.20. The first kappa shape index (κ1) is 13.3. The molecule has 0 aliphatic carbocycles. The molecule has 7 heteroatoms. The van der Waals surface area contributed by atoms with Crippen molar-refractivity contribution in [3.63, 3.8) is 0 Å². The van der Waals surface area contributed by atoms with E-state index in [0.29, 0.717) is 5.69 Å². The first-order chi connectivity index (χ1) is 10.1. The van der Waals surface area contributed by atoms with Gasteiger partial charge in [-0.05, 0) is 6.07 Å². The number of aromatic amines is 1. The Morgan fingerprint density at radius 2 is 2.05 bits per heavy atom. The molecule has 1 aliphatic heterocycles. The highest BCUT2D eigenvalue weighted by Gasteiger charge is 2.28. The molecule has 3 rings (SSSR count). The van der Waals surface area contributed by atoms with Gasteiger partial charge in [0.15, 0.2) is 0 Å². The zero-order chi connectivity index (χ0) is 14.8. The number of anilines is 1. The lowest BCUT2D eigenvalue weighted by Crippen LogP contribution is -2.32. The molecule has 7 nitrogen and oxygen atoms in total. The third-order valence-corrected chi connectivity index (χ3v) is 3.47. The van der Waals surface area contributed by atoms with Gasteiger partial charge < -0.3 is 5.32 Å². The van der Waals surface area contributed by atoms with Crippen LogP contribution in [0.5, 0.6) is 0 Å². The van der Waals surface area contributed by atoms with Gasteiger partial charge in [-0.15, -0.1) is 0 Å². The number of nitrogens with one attached hydrogen (secondary N) is 2. The Hall–Kier alpha value is -2.70. The number of amides is 3. The molecule has 0 radical (unpaired) electrons. The second-order valence-electron chi connectivity index (χ2n) is 4.88. The molecule has 0 atom stereocenters. The number of fused-ring (bicyclic) bond motifs is 1. The maximum Gasteiger partial charge on any atom is 0.229 e. The van der Waals surface area contributed by atoms with Crippen LogP contribution in [-0.4, -0.2) is 39.4 Å². The molecule has 1 saturated heterocycles. The number of nitrogens with zero attached hydrogens (tertiary/aromatic N) is 2. The Morgan fingerprint density at radius 1 is 1.29 bits per heavy atom. The van der Waals surface area contributed by atoms with E-state index in [2.05, 4.69) is 15.5 Å². The molecule has 2 heterocycles. The lowest BCUT2D eigenvalue weighted by molar-refractivity contribution is -0.138. The maximum absolute atomic E-state index is 12.0. The van der Waals surface area contributed by atoms with Gasteiger partial charge in [0, 0.05) is 31.2 Å². The fourth-order valence-corrected chi connectivity index (χ4v) is 2.37. The quantitative estimate of drug-likeness (QED) is 0.821. The molecule has 1 aliphatic rings. The predicted octanol–water partition coefficient (Wildman–Crippen LogP) is 1.04. The molecule has 3 amide bonds. The second-order valence-corrected chi connectivity index (χ2v) is 4.88. The molecule has 0 bridgehead atoms. The average Bonchev–Trinajstić information content (AvgIpc) is 3.05. The van der Waals surface area contributed by atoms with Gasteiger partial charge in [0.2, 0.25) is 17.7 Å². The van der Waals surface area contributed by atoms with Crippen LogP contribution >= 0.6 is 0 Å². The van der Waals surface area contributed by atoms with Crippen LogP contribution in [-0.2, 0) is 14.4 Å². The summed E-state index contributed by atoms with van der Waals surface area (Å²) in [6, 6.07) is 5.47. The summed E-state index contributed by atoms with van der Waals surface area (Å²) in [5.41, 5.74) is 1.38. The van der Waals surface area contributed by atoms with Gasteiger partial charge in [-0.25, -0.2) is 0 Å². The monoisotopic (exact) mass is 286 g/mol. The first-order valence-electron chi connectivity index (χ1n) is 6.70. The fraction of sp³-hybridized carbons (Fsp3) is 0.286. The van der Waals surface area contributed by atoms with Crippen molar-refractivity contribution in [1.29, 1.82) is 0 Å². The topological polar surface area (TPSA) is 95.2 Å². The Balaban J connectivity index is 1.63. The van der Waals surface area contributed by atoms with E-state index in [4.69, 9.17) is 0 Å². The van der Waals surface area contributed by atoms with Gasteiger partial charge in [0.25, 0.3) is 0 Å². The first-order valence-corrected chi connectivity index (χ1v) is 6.70. The smallest absolute Gasteiger partial charge is 0.229 e. The molecule has 1 aromatic heterocycles. The molecule has 0 spiro atoms. The summed E-state index contributed by atoms with van der Waals surface area (Å²) >= 11 is 0. The van der Waals surface area contributed by atoms with Crippen LogP contribution in [0, 0.1) is 0 Å². The van der Waals surface area contributed by atoms with E-state index in [1.54, 1.807) is 12.3 Å². The van der Waals surface area contributed by atoms with Crippen molar-refractivity contribution in [2.24, 2.45) is 0 Å². The van der Waals surface area contributed by atoms with Crippen LogP contribution < -0.4 is 5.32 Å². The number of imide groups is 1. The summed E-state index contributed by atoms with van der Waals surface area (Å²) < 4.78 is 0. The third kappa shape index (κ3) is 2.62. The van der Waals surface area contributed by atoms with Crippen LogP contribution in [0.2, 0.25) is 0 Å². The predicted molar refractivity (Wildman–Crippen MR) is 75.3 cm³/mol. The van der Waals surface area contributed by atoms with E-state index in [0.717, 1.165) is 15.8 Å². The molecule has 2 aromatic rings. The van der Waals surface area contributed by atoms with Gasteiger partial charge in [0.05, 0.1) is 17.4 Å². The molecule has 21 heavy (non-hydrogen) atoms. The van der Waals surface area contributed by atoms with Crippen molar-refractivity contribution >= 4 is 34.3 Å². The molecule has 1 aromatic carbocycles. The minimum absolute atomic E-state index is 0.0853. The van der Waals surface area contributed by atoms with Crippen molar-refractivity contribution in [3.05, 3.63) is 24.4 Å². The van der Waals surface area contributed by atoms with Crippen molar-refractivity contribution < 1.29 is 14.4 Å². The molecule has 0 unspecified atom stereocenters. The van der Waals surface area contributed by atoms with Gasteiger partial charge in [0.1, 0.15) is 0 Å². The van der Waals surface area contributed by atoms with Crippen LogP contribution in [0.1, 0.15) is 19.3 Å². The number of H-pyrrole nitrogens is 1. The van der Waals surface area contributed by atoms with Crippen molar-refractivity contribution in [1.82, 2.24) is 15.1 Å². The second kappa shape index (κ2) is 5.35. The number of likely N-dealkylation sites (tertiary alicyclic amines) is 1. The zero-order valence-corrected chi connectivity index (χ0v) is 11.3. The molecule has 108 valence electrons. The van der Waals surface area contributed by atoms with E-state index >= 15 is 0 Å². The molecule has 2 N–H and O–H groups in total. The van der Waals surface area contributed by atoms with Crippen molar-refractivity contribution in [3.8, 4) is 0 Å². The highest BCUT2D eigenvalue weighted by molar-refractivity contribution is 6.03. The highest BCUT2D eigenvalue weighted by atomic mass is 16.2.